The Bertz CT molecular complexity index is 250. The molecule has 0 bridgehead atoms. The molecule has 4 heteroatoms. The first-order valence-electron chi connectivity index (χ1n) is 5.54. The second-order valence-corrected chi connectivity index (χ2v) is 3.65. The standard InChI is InChI=1S/C11H19NO3/c1-4-14-10-9(11(13)15-5-2)8(3)6-7-12-10/h8-9H,4-7H2,1-3H3. The molecule has 1 aliphatic rings. The van der Waals surface area contributed by atoms with E-state index in [1.54, 1.807) is 0 Å². The van der Waals surface area contributed by atoms with E-state index in [9.17, 15) is 4.79 Å². The summed E-state index contributed by atoms with van der Waals surface area (Å²) in [5.74, 6) is 0.286. The smallest absolute Gasteiger partial charge is 0.318 e. The van der Waals surface area contributed by atoms with Crippen LogP contribution >= 0.6 is 0 Å². The van der Waals surface area contributed by atoms with Crippen LogP contribution in [0.5, 0.6) is 0 Å². The molecule has 1 rings (SSSR count). The van der Waals surface area contributed by atoms with Gasteiger partial charge in [0.2, 0.25) is 0 Å². The van der Waals surface area contributed by atoms with Crippen LogP contribution in [0.3, 0.4) is 0 Å². The average Bonchev–Trinajstić information content (AvgIpc) is 2.18. The fourth-order valence-electron chi connectivity index (χ4n) is 1.74. The minimum absolute atomic E-state index is 0.211. The molecule has 0 fully saturated rings. The topological polar surface area (TPSA) is 47.9 Å². The Morgan fingerprint density at radius 3 is 2.80 bits per heavy atom. The van der Waals surface area contributed by atoms with Gasteiger partial charge in [0, 0.05) is 6.54 Å². The Kier molecular flexibility index (Phi) is 4.59. The van der Waals surface area contributed by atoms with Gasteiger partial charge < -0.3 is 9.47 Å². The van der Waals surface area contributed by atoms with E-state index < -0.39 is 0 Å². The number of carbonyl (C=O) groups excluding carboxylic acids is 1. The van der Waals surface area contributed by atoms with Gasteiger partial charge in [0.05, 0.1) is 13.2 Å². The lowest BCUT2D eigenvalue weighted by molar-refractivity contribution is -0.147. The molecule has 1 heterocycles. The summed E-state index contributed by atoms with van der Waals surface area (Å²) < 4.78 is 10.4. The first-order chi connectivity index (χ1) is 7.20. The minimum Gasteiger partial charge on any atom is -0.481 e. The van der Waals surface area contributed by atoms with Crippen LogP contribution in [0.4, 0.5) is 0 Å². The number of hydrogen-bond donors (Lipinski definition) is 0. The zero-order valence-electron chi connectivity index (χ0n) is 9.66. The maximum Gasteiger partial charge on any atom is 0.318 e. The minimum atomic E-state index is -0.307. The highest BCUT2D eigenvalue weighted by Crippen LogP contribution is 2.24. The SMILES string of the molecule is CCOC(=O)C1C(OCC)=NCCC1C. The van der Waals surface area contributed by atoms with Crippen LogP contribution in [0.15, 0.2) is 4.99 Å². The molecule has 0 aliphatic carbocycles. The predicted octanol–water partition coefficient (Wildman–Crippen LogP) is 1.64. The van der Waals surface area contributed by atoms with E-state index in [0.29, 0.717) is 19.1 Å². The lowest BCUT2D eigenvalue weighted by Crippen LogP contribution is -2.36. The summed E-state index contributed by atoms with van der Waals surface area (Å²) in [6.07, 6.45) is 0.917. The van der Waals surface area contributed by atoms with E-state index in [1.807, 2.05) is 20.8 Å². The van der Waals surface area contributed by atoms with Crippen molar-refractivity contribution in [3.8, 4) is 0 Å². The lowest BCUT2D eigenvalue weighted by Gasteiger charge is -2.26. The predicted molar refractivity (Wildman–Crippen MR) is 57.8 cm³/mol. The normalized spacial score (nSPS) is 25.7. The molecule has 2 unspecified atom stereocenters. The third-order valence-corrected chi connectivity index (χ3v) is 2.52. The van der Waals surface area contributed by atoms with Crippen molar-refractivity contribution in [1.82, 2.24) is 0 Å². The average molecular weight is 213 g/mol. The van der Waals surface area contributed by atoms with Crippen molar-refractivity contribution in [3.05, 3.63) is 0 Å². The fraction of sp³-hybridized carbons (Fsp3) is 0.818. The molecule has 0 saturated heterocycles. The first kappa shape index (κ1) is 12.0. The van der Waals surface area contributed by atoms with Gasteiger partial charge in [0.1, 0.15) is 5.92 Å². The van der Waals surface area contributed by atoms with Crippen LogP contribution in [-0.2, 0) is 14.3 Å². The van der Waals surface area contributed by atoms with Gasteiger partial charge >= 0.3 is 5.97 Å². The summed E-state index contributed by atoms with van der Waals surface area (Å²) in [5.41, 5.74) is 0. The van der Waals surface area contributed by atoms with E-state index in [0.717, 1.165) is 13.0 Å². The molecule has 0 radical (unpaired) electrons. The summed E-state index contributed by atoms with van der Waals surface area (Å²) >= 11 is 0. The highest BCUT2D eigenvalue weighted by atomic mass is 16.5. The number of carbonyl (C=O) groups is 1. The quantitative estimate of drug-likeness (QED) is 0.669. The molecule has 1 aliphatic heterocycles. The van der Waals surface area contributed by atoms with E-state index in [-0.39, 0.29) is 17.8 Å². The third kappa shape index (κ3) is 2.94. The molecular weight excluding hydrogens is 194 g/mol. The van der Waals surface area contributed by atoms with Crippen molar-refractivity contribution in [2.75, 3.05) is 19.8 Å². The Morgan fingerprint density at radius 2 is 2.20 bits per heavy atom. The van der Waals surface area contributed by atoms with Gasteiger partial charge in [-0.05, 0) is 26.2 Å². The van der Waals surface area contributed by atoms with Crippen molar-refractivity contribution in [2.24, 2.45) is 16.8 Å². The lowest BCUT2D eigenvalue weighted by atomic mass is 9.89. The molecule has 4 nitrogen and oxygen atoms in total. The molecule has 0 aromatic rings. The van der Waals surface area contributed by atoms with Crippen molar-refractivity contribution in [2.45, 2.75) is 27.2 Å². The number of hydrogen-bond acceptors (Lipinski definition) is 4. The molecule has 86 valence electrons. The monoisotopic (exact) mass is 213 g/mol. The summed E-state index contributed by atoms with van der Waals surface area (Å²) in [7, 11) is 0. The molecule has 0 N–H and O–H groups in total. The second kappa shape index (κ2) is 5.73. The van der Waals surface area contributed by atoms with Gasteiger partial charge in [-0.1, -0.05) is 6.92 Å². The highest BCUT2D eigenvalue weighted by Gasteiger charge is 2.35. The number of ether oxygens (including phenoxy) is 2. The number of esters is 1. The van der Waals surface area contributed by atoms with E-state index in [2.05, 4.69) is 4.99 Å². The largest absolute Gasteiger partial charge is 0.481 e. The third-order valence-electron chi connectivity index (χ3n) is 2.52. The van der Waals surface area contributed by atoms with E-state index >= 15 is 0 Å². The highest BCUT2D eigenvalue weighted by molar-refractivity contribution is 5.98. The summed E-state index contributed by atoms with van der Waals surface area (Å²) in [4.78, 5) is 16.0. The summed E-state index contributed by atoms with van der Waals surface area (Å²) in [6, 6.07) is 0. The van der Waals surface area contributed by atoms with Crippen molar-refractivity contribution < 1.29 is 14.3 Å². The molecule has 0 saturated carbocycles. The Labute approximate surface area is 90.7 Å². The van der Waals surface area contributed by atoms with Crippen LogP contribution in [0.25, 0.3) is 0 Å². The zero-order valence-corrected chi connectivity index (χ0v) is 9.66. The Balaban J connectivity index is 2.74. The molecule has 0 spiro atoms. The molecule has 0 amide bonds. The van der Waals surface area contributed by atoms with Gasteiger partial charge in [-0.15, -0.1) is 0 Å². The van der Waals surface area contributed by atoms with Crippen molar-refractivity contribution in [1.29, 1.82) is 0 Å². The van der Waals surface area contributed by atoms with Gasteiger partial charge in [-0.25, -0.2) is 0 Å². The van der Waals surface area contributed by atoms with Gasteiger partial charge in [-0.2, -0.15) is 0 Å². The van der Waals surface area contributed by atoms with Crippen molar-refractivity contribution >= 4 is 11.9 Å². The fourth-order valence-corrected chi connectivity index (χ4v) is 1.74. The first-order valence-corrected chi connectivity index (χ1v) is 5.54. The molecule has 15 heavy (non-hydrogen) atoms. The molecule has 0 aromatic carbocycles. The van der Waals surface area contributed by atoms with Gasteiger partial charge in [-0.3, -0.25) is 9.79 Å². The van der Waals surface area contributed by atoms with Gasteiger partial charge in [0.25, 0.3) is 0 Å². The van der Waals surface area contributed by atoms with Crippen LogP contribution in [0, 0.1) is 11.8 Å². The van der Waals surface area contributed by atoms with Crippen LogP contribution in [-0.4, -0.2) is 31.6 Å². The Morgan fingerprint density at radius 1 is 1.47 bits per heavy atom. The van der Waals surface area contributed by atoms with Crippen LogP contribution < -0.4 is 0 Å². The zero-order chi connectivity index (χ0) is 11.3. The molecule has 2 atom stereocenters. The number of nitrogens with zero attached hydrogens (tertiary/aromatic N) is 1. The van der Waals surface area contributed by atoms with Crippen molar-refractivity contribution in [3.63, 3.8) is 0 Å². The maximum atomic E-state index is 11.7. The van der Waals surface area contributed by atoms with Gasteiger partial charge in [0.15, 0.2) is 5.90 Å². The van der Waals surface area contributed by atoms with Crippen LogP contribution in [0.1, 0.15) is 27.2 Å². The molecule has 0 aromatic heterocycles. The van der Waals surface area contributed by atoms with E-state index in [4.69, 9.17) is 9.47 Å². The van der Waals surface area contributed by atoms with E-state index in [1.165, 1.54) is 0 Å². The van der Waals surface area contributed by atoms with Crippen LogP contribution in [0.2, 0.25) is 0 Å². The summed E-state index contributed by atoms with van der Waals surface area (Å²) in [6.45, 7) is 7.43. The maximum absolute atomic E-state index is 11.7. The number of rotatable bonds is 3. The Hall–Kier alpha value is -1.06. The summed E-state index contributed by atoms with van der Waals surface area (Å²) in [5, 5.41) is 0. The molecular formula is C11H19NO3. The second-order valence-electron chi connectivity index (χ2n) is 3.65. The number of aliphatic imine (C=N–C) groups is 1.